The maximum Gasteiger partial charge on any atom is 0.323 e. The topological polar surface area (TPSA) is 40.5 Å². The van der Waals surface area contributed by atoms with Gasteiger partial charge in [0.15, 0.2) is 17.5 Å². The third-order valence-corrected chi connectivity index (χ3v) is 1.80. The number of carbonyl (C=O) groups is 1. The Balaban J connectivity index is 3.05. The van der Waals surface area contributed by atoms with Gasteiger partial charge in [-0.25, -0.2) is 13.2 Å². The summed E-state index contributed by atoms with van der Waals surface area (Å²) in [7, 11) is 1.27. The van der Waals surface area contributed by atoms with Gasteiger partial charge in [-0.05, 0) is 12.1 Å². The molecule has 1 aromatic rings. The number of rotatable bonds is 3. The predicted octanol–water partition coefficient (Wildman–Crippen LogP) is 1.62. The minimum Gasteiger partial charge on any atom is -0.480 e. The Morgan fingerprint density at radius 2 is 1.93 bits per heavy atom. The normalized spacial score (nSPS) is 10.1. The predicted molar refractivity (Wildman–Crippen MR) is 47.2 cm³/mol. The Morgan fingerprint density at radius 1 is 1.33 bits per heavy atom. The second-order valence-electron chi connectivity index (χ2n) is 2.94. The van der Waals surface area contributed by atoms with Crippen molar-refractivity contribution >= 4 is 11.7 Å². The lowest BCUT2D eigenvalue weighted by atomic mass is 10.2. The van der Waals surface area contributed by atoms with Gasteiger partial charge in [0.2, 0.25) is 0 Å². The smallest absolute Gasteiger partial charge is 0.323 e. The van der Waals surface area contributed by atoms with Crippen LogP contribution in [0, 0.1) is 17.5 Å². The Bertz CT molecular complexity index is 395. The first-order chi connectivity index (χ1) is 6.93. The van der Waals surface area contributed by atoms with Gasteiger partial charge in [0.25, 0.3) is 0 Å². The summed E-state index contributed by atoms with van der Waals surface area (Å²) in [6.45, 7) is -0.498. The molecule has 0 fully saturated rings. The van der Waals surface area contributed by atoms with Crippen LogP contribution >= 0.6 is 0 Å². The largest absolute Gasteiger partial charge is 0.480 e. The second-order valence-corrected chi connectivity index (χ2v) is 2.94. The van der Waals surface area contributed by atoms with E-state index in [0.29, 0.717) is 0 Å². The van der Waals surface area contributed by atoms with Crippen LogP contribution in [0.2, 0.25) is 0 Å². The van der Waals surface area contributed by atoms with Crippen molar-refractivity contribution in [3.63, 3.8) is 0 Å². The van der Waals surface area contributed by atoms with Crippen molar-refractivity contribution in [3.05, 3.63) is 29.6 Å². The van der Waals surface area contributed by atoms with E-state index in [-0.39, 0.29) is 5.69 Å². The molecule has 0 spiro atoms. The third kappa shape index (κ3) is 2.39. The van der Waals surface area contributed by atoms with Crippen molar-refractivity contribution in [1.29, 1.82) is 0 Å². The van der Waals surface area contributed by atoms with Crippen molar-refractivity contribution in [3.8, 4) is 0 Å². The summed E-state index contributed by atoms with van der Waals surface area (Å²) in [5.74, 6) is -5.50. The monoisotopic (exact) mass is 219 g/mol. The van der Waals surface area contributed by atoms with Gasteiger partial charge in [-0.15, -0.1) is 0 Å². The summed E-state index contributed by atoms with van der Waals surface area (Å²) < 4.78 is 38.4. The Labute approximate surface area is 83.7 Å². The summed E-state index contributed by atoms with van der Waals surface area (Å²) in [5.41, 5.74) is -0.295. The summed E-state index contributed by atoms with van der Waals surface area (Å²) in [4.78, 5) is 11.3. The highest BCUT2D eigenvalue weighted by Crippen LogP contribution is 2.22. The molecule has 3 nitrogen and oxygen atoms in total. The first-order valence-electron chi connectivity index (χ1n) is 4.00. The molecule has 0 unspecified atom stereocenters. The van der Waals surface area contributed by atoms with Crippen LogP contribution in [-0.4, -0.2) is 24.7 Å². The van der Waals surface area contributed by atoms with Gasteiger partial charge in [-0.3, -0.25) is 4.79 Å². The first kappa shape index (κ1) is 11.4. The highest BCUT2D eigenvalue weighted by Gasteiger charge is 2.17. The lowest BCUT2D eigenvalue weighted by molar-refractivity contribution is -0.135. The molecule has 0 aliphatic rings. The van der Waals surface area contributed by atoms with Crippen molar-refractivity contribution in [2.24, 2.45) is 0 Å². The number of benzene rings is 1. The molecule has 1 rings (SSSR count). The zero-order chi connectivity index (χ0) is 11.6. The SMILES string of the molecule is CN(CC(=O)O)c1ccc(F)c(F)c1F. The van der Waals surface area contributed by atoms with Gasteiger partial charge in [0, 0.05) is 7.05 Å². The maximum absolute atomic E-state index is 13.1. The molecular weight excluding hydrogens is 211 g/mol. The average molecular weight is 219 g/mol. The minimum atomic E-state index is -1.61. The zero-order valence-corrected chi connectivity index (χ0v) is 7.80. The van der Waals surface area contributed by atoms with Crippen molar-refractivity contribution in [2.75, 3.05) is 18.5 Å². The fourth-order valence-corrected chi connectivity index (χ4v) is 1.10. The number of carboxylic acid groups (broad SMARTS) is 1. The molecule has 82 valence electrons. The number of nitrogens with zero attached hydrogens (tertiary/aromatic N) is 1. The van der Waals surface area contributed by atoms with E-state index in [2.05, 4.69) is 0 Å². The van der Waals surface area contributed by atoms with E-state index >= 15 is 0 Å². The number of anilines is 1. The molecule has 0 aromatic heterocycles. The van der Waals surface area contributed by atoms with E-state index in [0.717, 1.165) is 17.0 Å². The fourth-order valence-electron chi connectivity index (χ4n) is 1.10. The van der Waals surface area contributed by atoms with Crippen LogP contribution in [0.1, 0.15) is 0 Å². The van der Waals surface area contributed by atoms with Gasteiger partial charge in [-0.2, -0.15) is 0 Å². The highest BCUT2D eigenvalue weighted by atomic mass is 19.2. The van der Waals surface area contributed by atoms with Crippen LogP contribution < -0.4 is 4.90 Å². The van der Waals surface area contributed by atoms with Crippen LogP contribution in [0.15, 0.2) is 12.1 Å². The van der Waals surface area contributed by atoms with Crippen LogP contribution in [-0.2, 0) is 4.79 Å². The lowest BCUT2D eigenvalue weighted by Gasteiger charge is -2.17. The van der Waals surface area contributed by atoms with E-state index in [1.54, 1.807) is 0 Å². The van der Waals surface area contributed by atoms with Crippen LogP contribution in [0.25, 0.3) is 0 Å². The van der Waals surface area contributed by atoms with Crippen LogP contribution in [0.4, 0.5) is 18.9 Å². The molecule has 0 saturated heterocycles. The molecule has 0 atom stereocenters. The highest BCUT2D eigenvalue weighted by molar-refractivity contribution is 5.73. The lowest BCUT2D eigenvalue weighted by Crippen LogP contribution is -2.26. The standard InChI is InChI=1S/C9H8F3NO2/c1-13(4-7(14)15)6-3-2-5(10)8(11)9(6)12/h2-3H,4H2,1H3,(H,14,15). The van der Waals surface area contributed by atoms with Crippen molar-refractivity contribution in [1.82, 2.24) is 0 Å². The maximum atomic E-state index is 13.1. The molecule has 0 radical (unpaired) electrons. The number of hydrogen-bond acceptors (Lipinski definition) is 2. The Hall–Kier alpha value is -1.72. The first-order valence-corrected chi connectivity index (χ1v) is 4.00. The van der Waals surface area contributed by atoms with E-state index in [9.17, 15) is 18.0 Å². The van der Waals surface area contributed by atoms with Crippen LogP contribution in [0.3, 0.4) is 0 Å². The number of halogens is 3. The van der Waals surface area contributed by atoms with E-state index < -0.39 is 30.0 Å². The Morgan fingerprint density at radius 3 is 2.47 bits per heavy atom. The van der Waals surface area contributed by atoms with Crippen molar-refractivity contribution < 1.29 is 23.1 Å². The molecule has 1 N–H and O–H groups in total. The van der Waals surface area contributed by atoms with Gasteiger partial charge in [-0.1, -0.05) is 0 Å². The molecule has 15 heavy (non-hydrogen) atoms. The Kier molecular flexibility index (Phi) is 3.18. The fraction of sp³-hybridized carbons (Fsp3) is 0.222. The summed E-state index contributed by atoms with van der Waals surface area (Å²) in [6.07, 6.45) is 0. The molecule has 0 bridgehead atoms. The van der Waals surface area contributed by atoms with E-state index in [1.807, 2.05) is 0 Å². The molecule has 0 saturated carbocycles. The third-order valence-electron chi connectivity index (χ3n) is 1.80. The van der Waals surface area contributed by atoms with E-state index in [4.69, 9.17) is 5.11 Å². The molecule has 0 aliphatic heterocycles. The summed E-state index contributed by atoms with van der Waals surface area (Å²) in [6, 6.07) is 1.72. The number of aliphatic carboxylic acids is 1. The molecule has 6 heteroatoms. The number of carboxylic acids is 1. The summed E-state index contributed by atoms with van der Waals surface area (Å²) in [5, 5.41) is 8.43. The van der Waals surface area contributed by atoms with Gasteiger partial charge in [0.05, 0.1) is 5.69 Å². The number of hydrogen-bond donors (Lipinski definition) is 1. The molecule has 0 aliphatic carbocycles. The molecular formula is C9H8F3NO2. The van der Waals surface area contributed by atoms with Crippen LogP contribution in [0.5, 0.6) is 0 Å². The molecule has 0 heterocycles. The molecule has 0 amide bonds. The van der Waals surface area contributed by atoms with Gasteiger partial charge >= 0.3 is 5.97 Å². The summed E-state index contributed by atoms with van der Waals surface area (Å²) >= 11 is 0. The minimum absolute atomic E-state index is 0.295. The van der Waals surface area contributed by atoms with E-state index in [1.165, 1.54) is 7.05 Å². The average Bonchev–Trinajstić information content (AvgIpc) is 2.13. The molecule has 1 aromatic carbocycles. The van der Waals surface area contributed by atoms with Gasteiger partial charge < -0.3 is 10.0 Å². The van der Waals surface area contributed by atoms with Gasteiger partial charge in [0.1, 0.15) is 6.54 Å². The zero-order valence-electron chi connectivity index (χ0n) is 7.80. The second kappa shape index (κ2) is 4.20. The number of likely N-dealkylation sites (N-methyl/N-ethyl adjacent to an activating group) is 1. The van der Waals surface area contributed by atoms with Crippen molar-refractivity contribution in [2.45, 2.75) is 0 Å². The quantitative estimate of drug-likeness (QED) is 0.785.